The number of Topliss-reactive ketones (excluding diaryl/α,β-unsaturated/α-hetero) is 1. The number of hydrogen-bond acceptors (Lipinski definition) is 1. The van der Waals surface area contributed by atoms with Crippen molar-refractivity contribution in [3.05, 3.63) is 70.0 Å². The van der Waals surface area contributed by atoms with Gasteiger partial charge in [0.15, 0.2) is 17.4 Å². The number of carbonyl (C=O) groups is 1. The lowest BCUT2D eigenvalue weighted by Crippen LogP contribution is -2.06. The fourth-order valence-electron chi connectivity index (χ4n) is 1.62. The maximum Gasteiger partial charge on any atom is 0.168 e. The third kappa shape index (κ3) is 3.15. The van der Waals surface area contributed by atoms with E-state index in [4.69, 9.17) is 11.6 Å². The van der Waals surface area contributed by atoms with Gasteiger partial charge in [-0.3, -0.25) is 4.79 Å². The van der Waals surface area contributed by atoms with E-state index in [0.29, 0.717) is 5.56 Å². The molecule has 0 spiro atoms. The van der Waals surface area contributed by atoms with E-state index in [0.717, 1.165) is 12.1 Å². The molecule has 1 nitrogen and oxygen atoms in total. The van der Waals surface area contributed by atoms with Crippen molar-refractivity contribution in [3.8, 4) is 0 Å². The van der Waals surface area contributed by atoms with Crippen LogP contribution in [0.1, 0.15) is 15.9 Å². The van der Waals surface area contributed by atoms with Crippen LogP contribution in [0.15, 0.2) is 36.4 Å². The van der Waals surface area contributed by atoms with Crippen molar-refractivity contribution in [1.29, 1.82) is 0 Å². The molecular formula is C14H8ClF3O. The van der Waals surface area contributed by atoms with Crippen LogP contribution in [-0.2, 0) is 6.42 Å². The van der Waals surface area contributed by atoms with Crippen molar-refractivity contribution in [2.45, 2.75) is 6.42 Å². The monoisotopic (exact) mass is 284 g/mol. The van der Waals surface area contributed by atoms with Gasteiger partial charge in [0, 0.05) is 12.0 Å². The highest BCUT2D eigenvalue weighted by Crippen LogP contribution is 2.21. The largest absolute Gasteiger partial charge is 0.294 e. The summed E-state index contributed by atoms with van der Waals surface area (Å²) in [7, 11) is 0. The van der Waals surface area contributed by atoms with E-state index in [1.165, 1.54) is 24.3 Å². The van der Waals surface area contributed by atoms with Crippen molar-refractivity contribution in [2.24, 2.45) is 0 Å². The molecule has 0 atom stereocenters. The fourth-order valence-corrected chi connectivity index (χ4v) is 1.87. The second-order valence-corrected chi connectivity index (χ2v) is 4.38. The number of hydrogen-bond donors (Lipinski definition) is 0. The Kier molecular flexibility index (Phi) is 3.90. The lowest BCUT2D eigenvalue weighted by Gasteiger charge is -2.05. The van der Waals surface area contributed by atoms with E-state index < -0.39 is 23.2 Å². The summed E-state index contributed by atoms with van der Waals surface area (Å²) in [6, 6.07) is 6.85. The molecule has 0 aliphatic carbocycles. The second-order valence-electron chi connectivity index (χ2n) is 3.97. The Balaban J connectivity index is 2.25. The Labute approximate surface area is 112 Å². The Bertz CT molecular complexity index is 623. The van der Waals surface area contributed by atoms with Crippen LogP contribution in [0.3, 0.4) is 0 Å². The molecule has 5 heteroatoms. The molecule has 0 saturated carbocycles. The molecule has 98 valence electrons. The lowest BCUT2D eigenvalue weighted by atomic mass is 10.0. The smallest absolute Gasteiger partial charge is 0.168 e. The molecule has 19 heavy (non-hydrogen) atoms. The van der Waals surface area contributed by atoms with Crippen LogP contribution < -0.4 is 0 Å². The zero-order chi connectivity index (χ0) is 14.0. The van der Waals surface area contributed by atoms with Gasteiger partial charge in [0.25, 0.3) is 0 Å². The molecule has 0 fully saturated rings. The van der Waals surface area contributed by atoms with E-state index in [9.17, 15) is 18.0 Å². The van der Waals surface area contributed by atoms with Crippen molar-refractivity contribution >= 4 is 17.4 Å². The van der Waals surface area contributed by atoms with Crippen LogP contribution in [0.2, 0.25) is 5.02 Å². The lowest BCUT2D eigenvalue weighted by molar-refractivity contribution is 0.0992. The normalized spacial score (nSPS) is 10.5. The van der Waals surface area contributed by atoms with Crippen LogP contribution in [0.25, 0.3) is 0 Å². The zero-order valence-corrected chi connectivity index (χ0v) is 10.3. The van der Waals surface area contributed by atoms with Crippen LogP contribution in [0, 0.1) is 17.5 Å². The van der Waals surface area contributed by atoms with Gasteiger partial charge in [0.2, 0.25) is 0 Å². The quantitative estimate of drug-likeness (QED) is 0.610. The predicted molar refractivity (Wildman–Crippen MR) is 65.8 cm³/mol. The van der Waals surface area contributed by atoms with Crippen molar-refractivity contribution in [3.63, 3.8) is 0 Å². The Morgan fingerprint density at radius 3 is 2.21 bits per heavy atom. The third-order valence-corrected chi connectivity index (χ3v) is 2.90. The van der Waals surface area contributed by atoms with Gasteiger partial charge >= 0.3 is 0 Å². The van der Waals surface area contributed by atoms with Crippen molar-refractivity contribution < 1.29 is 18.0 Å². The minimum Gasteiger partial charge on any atom is -0.294 e. The predicted octanol–water partition coefficient (Wildman–Crippen LogP) is 4.18. The maximum atomic E-state index is 13.1. The summed E-state index contributed by atoms with van der Waals surface area (Å²) >= 11 is 5.70. The first-order valence-electron chi connectivity index (χ1n) is 5.39. The molecular weight excluding hydrogens is 277 g/mol. The highest BCUT2D eigenvalue weighted by Gasteiger charge is 2.15. The molecule has 0 heterocycles. The van der Waals surface area contributed by atoms with E-state index in [-0.39, 0.29) is 17.0 Å². The number of benzene rings is 2. The summed E-state index contributed by atoms with van der Waals surface area (Å²) in [5, 5.41) is -0.147. The molecule has 0 unspecified atom stereocenters. The number of carbonyl (C=O) groups excluding carboxylic acids is 1. The van der Waals surface area contributed by atoms with Gasteiger partial charge in [0.05, 0.1) is 5.02 Å². The van der Waals surface area contributed by atoms with Gasteiger partial charge in [-0.15, -0.1) is 0 Å². The van der Waals surface area contributed by atoms with Gasteiger partial charge in [-0.2, -0.15) is 0 Å². The van der Waals surface area contributed by atoms with Crippen LogP contribution in [0.5, 0.6) is 0 Å². The molecule has 2 rings (SSSR count). The Morgan fingerprint density at radius 2 is 1.58 bits per heavy atom. The van der Waals surface area contributed by atoms with Crippen LogP contribution in [-0.4, -0.2) is 5.78 Å². The molecule has 0 aliphatic rings. The van der Waals surface area contributed by atoms with Gasteiger partial charge in [-0.1, -0.05) is 23.7 Å². The van der Waals surface area contributed by atoms with Gasteiger partial charge in [0.1, 0.15) is 5.82 Å². The van der Waals surface area contributed by atoms with E-state index in [1.807, 2.05) is 0 Å². The molecule has 0 bridgehead atoms. The van der Waals surface area contributed by atoms with E-state index in [1.54, 1.807) is 0 Å². The SMILES string of the molecule is O=C(Cc1ccc(F)cc1)c1cc(F)c(F)cc1Cl. The summed E-state index contributed by atoms with van der Waals surface area (Å²) in [5.41, 5.74) is 0.470. The molecule has 0 aromatic heterocycles. The molecule has 0 radical (unpaired) electrons. The molecule has 2 aromatic carbocycles. The summed E-state index contributed by atoms with van der Waals surface area (Å²) in [6.45, 7) is 0. The second kappa shape index (κ2) is 5.45. The van der Waals surface area contributed by atoms with Gasteiger partial charge in [-0.05, 0) is 29.8 Å². The number of ketones is 1. The van der Waals surface area contributed by atoms with Crippen molar-refractivity contribution in [2.75, 3.05) is 0 Å². The molecule has 0 amide bonds. The molecule has 0 N–H and O–H groups in total. The first kappa shape index (κ1) is 13.6. The summed E-state index contributed by atoms with van der Waals surface area (Å²) in [6.07, 6.45) is -0.0644. The fraction of sp³-hybridized carbons (Fsp3) is 0.0714. The summed E-state index contributed by atoms with van der Waals surface area (Å²) in [4.78, 5) is 11.9. The average molecular weight is 285 g/mol. The Hall–Kier alpha value is -1.81. The first-order chi connectivity index (χ1) is 8.97. The summed E-state index contributed by atoms with van der Waals surface area (Å²) in [5.74, 6) is -3.12. The Morgan fingerprint density at radius 1 is 1.00 bits per heavy atom. The van der Waals surface area contributed by atoms with Crippen LogP contribution >= 0.6 is 11.6 Å². The zero-order valence-electron chi connectivity index (χ0n) is 9.59. The summed E-state index contributed by atoms with van der Waals surface area (Å²) < 4.78 is 38.7. The molecule has 2 aromatic rings. The average Bonchev–Trinajstić information content (AvgIpc) is 2.36. The number of halogens is 4. The highest BCUT2D eigenvalue weighted by molar-refractivity contribution is 6.34. The maximum absolute atomic E-state index is 13.1. The minimum atomic E-state index is -1.13. The first-order valence-corrected chi connectivity index (χ1v) is 5.77. The standard InChI is InChI=1S/C14H8ClF3O/c15-11-7-13(18)12(17)6-10(11)14(19)5-8-1-3-9(16)4-2-8/h1-4,6-7H,5H2. The van der Waals surface area contributed by atoms with Gasteiger partial charge in [-0.25, -0.2) is 13.2 Å². The molecule has 0 saturated heterocycles. The van der Waals surface area contributed by atoms with Crippen molar-refractivity contribution in [1.82, 2.24) is 0 Å². The topological polar surface area (TPSA) is 17.1 Å². The third-order valence-electron chi connectivity index (χ3n) is 2.59. The van der Waals surface area contributed by atoms with Gasteiger partial charge < -0.3 is 0 Å². The van der Waals surface area contributed by atoms with E-state index >= 15 is 0 Å². The minimum absolute atomic E-state index is 0.0644. The van der Waals surface area contributed by atoms with E-state index in [2.05, 4.69) is 0 Å². The van der Waals surface area contributed by atoms with Crippen LogP contribution in [0.4, 0.5) is 13.2 Å². The highest BCUT2D eigenvalue weighted by atomic mass is 35.5. The number of rotatable bonds is 3. The molecule has 0 aliphatic heterocycles.